The Balaban J connectivity index is 2.44. The lowest BCUT2D eigenvalue weighted by atomic mass is 10.2. The van der Waals surface area contributed by atoms with Gasteiger partial charge >= 0.3 is 0 Å². The van der Waals surface area contributed by atoms with Crippen LogP contribution in [0.1, 0.15) is 5.56 Å². The number of hydrogen-bond donors (Lipinski definition) is 2. The van der Waals surface area contributed by atoms with Crippen molar-refractivity contribution in [2.45, 2.75) is 0 Å². The molecule has 0 aliphatic heterocycles. The van der Waals surface area contributed by atoms with Crippen LogP contribution < -0.4 is 10.9 Å². The molecular formula is C11H6FIN4O. The van der Waals surface area contributed by atoms with Crippen LogP contribution in [0.3, 0.4) is 0 Å². The molecule has 2 N–H and O–H groups in total. The van der Waals surface area contributed by atoms with Crippen molar-refractivity contribution in [1.29, 1.82) is 5.26 Å². The molecule has 0 atom stereocenters. The third-order valence-electron chi connectivity index (χ3n) is 2.15. The molecule has 2 aromatic rings. The van der Waals surface area contributed by atoms with Crippen molar-refractivity contribution in [2.24, 2.45) is 0 Å². The fourth-order valence-corrected chi connectivity index (χ4v) is 1.75. The van der Waals surface area contributed by atoms with Gasteiger partial charge in [-0.15, -0.1) is 0 Å². The Morgan fingerprint density at radius 3 is 3.00 bits per heavy atom. The smallest absolute Gasteiger partial charge is 0.266 e. The number of rotatable bonds is 2. The molecule has 5 nitrogen and oxygen atoms in total. The van der Waals surface area contributed by atoms with Gasteiger partial charge in [-0.25, -0.2) is 9.37 Å². The van der Waals surface area contributed by atoms with Crippen molar-refractivity contribution >= 4 is 34.1 Å². The summed E-state index contributed by atoms with van der Waals surface area (Å²) in [5.41, 5.74) is 0.261. The lowest BCUT2D eigenvalue weighted by Crippen LogP contribution is -2.13. The molecule has 0 saturated heterocycles. The van der Waals surface area contributed by atoms with E-state index in [2.05, 4.69) is 15.3 Å². The highest BCUT2D eigenvalue weighted by atomic mass is 127. The van der Waals surface area contributed by atoms with E-state index in [-0.39, 0.29) is 11.1 Å². The van der Waals surface area contributed by atoms with Gasteiger partial charge in [0, 0.05) is 0 Å². The van der Waals surface area contributed by atoms with Gasteiger partial charge in [0.05, 0.1) is 17.6 Å². The summed E-state index contributed by atoms with van der Waals surface area (Å²) >= 11 is 1.84. The highest BCUT2D eigenvalue weighted by Crippen LogP contribution is 2.21. The zero-order valence-electron chi connectivity index (χ0n) is 8.87. The van der Waals surface area contributed by atoms with Crippen LogP contribution in [-0.2, 0) is 0 Å². The molecule has 0 aliphatic rings. The van der Waals surface area contributed by atoms with Crippen LogP contribution in [0.5, 0.6) is 0 Å². The summed E-state index contributed by atoms with van der Waals surface area (Å²) in [5, 5.41) is 11.7. The molecule has 0 radical (unpaired) electrons. The number of halogens is 2. The Hall–Kier alpha value is -1.95. The molecule has 0 spiro atoms. The SMILES string of the molecule is N#Cc1cc(F)ccc1Nc1nc[nH]c(=O)c1I. The standard InChI is InChI=1S/C11H6FIN4O/c12-7-1-2-8(6(3-7)4-14)17-10-9(13)11(18)16-5-15-10/h1-3,5H,(H2,15,16,17,18). The number of H-pyrrole nitrogens is 1. The van der Waals surface area contributed by atoms with Crippen LogP contribution in [-0.4, -0.2) is 9.97 Å². The fraction of sp³-hybridized carbons (Fsp3) is 0. The number of benzene rings is 1. The minimum atomic E-state index is -0.495. The largest absolute Gasteiger partial charge is 0.338 e. The van der Waals surface area contributed by atoms with Crippen molar-refractivity contribution in [3.8, 4) is 6.07 Å². The Morgan fingerprint density at radius 2 is 2.28 bits per heavy atom. The summed E-state index contributed by atoms with van der Waals surface area (Å²) in [6.45, 7) is 0. The van der Waals surface area contributed by atoms with Crippen molar-refractivity contribution in [1.82, 2.24) is 9.97 Å². The van der Waals surface area contributed by atoms with E-state index in [0.29, 0.717) is 15.1 Å². The Kier molecular flexibility index (Phi) is 3.57. The number of aromatic nitrogens is 2. The number of anilines is 2. The summed E-state index contributed by atoms with van der Waals surface area (Å²) in [6, 6.07) is 5.63. The normalized spacial score (nSPS) is 9.83. The molecule has 0 unspecified atom stereocenters. The van der Waals surface area contributed by atoms with Gasteiger partial charge in [-0.05, 0) is 40.8 Å². The quantitative estimate of drug-likeness (QED) is 0.808. The van der Waals surface area contributed by atoms with Gasteiger partial charge < -0.3 is 10.3 Å². The first kappa shape index (κ1) is 12.5. The van der Waals surface area contributed by atoms with Gasteiger partial charge in [0.15, 0.2) is 5.82 Å². The predicted molar refractivity (Wildman–Crippen MR) is 72.0 cm³/mol. The van der Waals surface area contributed by atoms with Gasteiger partial charge in [-0.3, -0.25) is 4.79 Å². The lowest BCUT2D eigenvalue weighted by Gasteiger charge is -2.08. The van der Waals surface area contributed by atoms with Crippen molar-refractivity contribution in [3.63, 3.8) is 0 Å². The molecule has 0 bridgehead atoms. The van der Waals surface area contributed by atoms with Crippen molar-refractivity contribution in [2.75, 3.05) is 5.32 Å². The summed E-state index contributed by atoms with van der Waals surface area (Å²) < 4.78 is 13.3. The Bertz CT molecular complexity index is 692. The van der Waals surface area contributed by atoms with E-state index in [1.54, 1.807) is 0 Å². The molecule has 0 saturated carbocycles. The second-order valence-corrected chi connectivity index (χ2v) is 4.40. The van der Waals surface area contributed by atoms with Gasteiger partial charge in [-0.1, -0.05) is 0 Å². The van der Waals surface area contributed by atoms with E-state index >= 15 is 0 Å². The Labute approximate surface area is 115 Å². The van der Waals surface area contributed by atoms with Gasteiger partial charge in [0.25, 0.3) is 5.56 Å². The van der Waals surface area contributed by atoms with E-state index < -0.39 is 5.82 Å². The summed E-state index contributed by atoms with van der Waals surface area (Å²) in [5.74, 6) is -0.173. The molecule has 1 heterocycles. The fourth-order valence-electron chi connectivity index (χ4n) is 1.32. The first-order chi connectivity index (χ1) is 8.61. The van der Waals surface area contributed by atoms with E-state index in [0.717, 1.165) is 6.07 Å². The number of nitrogens with one attached hydrogen (secondary N) is 2. The van der Waals surface area contributed by atoms with Crippen molar-refractivity contribution < 1.29 is 4.39 Å². The van der Waals surface area contributed by atoms with E-state index in [1.807, 2.05) is 28.7 Å². The molecular weight excluding hydrogens is 350 g/mol. The molecule has 2 rings (SSSR count). The average molecular weight is 356 g/mol. The minimum absolute atomic E-state index is 0.146. The molecule has 1 aromatic carbocycles. The number of hydrogen-bond acceptors (Lipinski definition) is 4. The maximum absolute atomic E-state index is 13.0. The number of nitrogens with zero attached hydrogens (tertiary/aromatic N) is 2. The third-order valence-corrected chi connectivity index (χ3v) is 3.15. The maximum Gasteiger partial charge on any atom is 0.266 e. The van der Waals surface area contributed by atoms with Gasteiger partial charge in [0.2, 0.25) is 0 Å². The van der Waals surface area contributed by atoms with Crippen LogP contribution in [0.4, 0.5) is 15.9 Å². The zero-order valence-corrected chi connectivity index (χ0v) is 11.0. The average Bonchev–Trinajstić information content (AvgIpc) is 2.37. The molecule has 0 aliphatic carbocycles. The van der Waals surface area contributed by atoms with Crippen LogP contribution in [0, 0.1) is 20.7 Å². The molecule has 1 aromatic heterocycles. The lowest BCUT2D eigenvalue weighted by molar-refractivity contribution is 0.627. The van der Waals surface area contributed by atoms with Crippen LogP contribution in [0.2, 0.25) is 0 Å². The van der Waals surface area contributed by atoms with Crippen molar-refractivity contribution in [3.05, 3.63) is 49.8 Å². The predicted octanol–water partition coefficient (Wildman–Crippen LogP) is 2.13. The third kappa shape index (κ3) is 2.48. The van der Waals surface area contributed by atoms with E-state index in [4.69, 9.17) is 5.26 Å². The molecule has 0 fully saturated rings. The summed E-state index contributed by atoms with van der Waals surface area (Å²) in [4.78, 5) is 17.7. The Morgan fingerprint density at radius 1 is 1.50 bits per heavy atom. The summed E-state index contributed by atoms with van der Waals surface area (Å²) in [6.07, 6.45) is 1.25. The second kappa shape index (κ2) is 5.14. The topological polar surface area (TPSA) is 81.6 Å². The zero-order chi connectivity index (χ0) is 13.1. The van der Waals surface area contributed by atoms with Crippen LogP contribution in [0.25, 0.3) is 0 Å². The minimum Gasteiger partial charge on any atom is -0.338 e. The monoisotopic (exact) mass is 356 g/mol. The number of nitriles is 1. The highest BCUT2D eigenvalue weighted by molar-refractivity contribution is 14.1. The number of aromatic amines is 1. The molecule has 0 amide bonds. The summed E-state index contributed by atoms with van der Waals surface area (Å²) in [7, 11) is 0. The van der Waals surface area contributed by atoms with Gasteiger partial charge in [0.1, 0.15) is 15.5 Å². The van der Waals surface area contributed by atoms with Gasteiger partial charge in [-0.2, -0.15) is 5.26 Å². The second-order valence-electron chi connectivity index (χ2n) is 3.32. The molecule has 7 heteroatoms. The maximum atomic E-state index is 13.0. The first-order valence-electron chi connectivity index (χ1n) is 4.81. The first-order valence-corrected chi connectivity index (χ1v) is 5.89. The van der Waals surface area contributed by atoms with Crippen LogP contribution in [0.15, 0.2) is 29.3 Å². The highest BCUT2D eigenvalue weighted by Gasteiger charge is 2.09. The molecule has 18 heavy (non-hydrogen) atoms. The molecule has 90 valence electrons. The van der Waals surface area contributed by atoms with E-state index in [1.165, 1.54) is 18.5 Å². The van der Waals surface area contributed by atoms with Crippen LogP contribution >= 0.6 is 22.6 Å². The van der Waals surface area contributed by atoms with E-state index in [9.17, 15) is 9.18 Å².